The van der Waals surface area contributed by atoms with Crippen molar-refractivity contribution in [1.29, 1.82) is 0 Å². The standard InChI is InChI=1S/C13H21NO2/c1-2-14-16-12(15)13-6-9-3-10(7-13)5-11(4-9)8-13/h9-11,14H,2-8H2,1H3. The van der Waals surface area contributed by atoms with E-state index in [0.717, 1.165) is 37.0 Å². The maximum Gasteiger partial charge on any atom is 0.330 e. The Morgan fingerprint density at radius 3 is 2.12 bits per heavy atom. The van der Waals surface area contributed by atoms with Gasteiger partial charge in [0, 0.05) is 6.54 Å². The van der Waals surface area contributed by atoms with Crippen LogP contribution in [0.5, 0.6) is 0 Å². The highest BCUT2D eigenvalue weighted by Crippen LogP contribution is 2.60. The molecule has 0 aliphatic heterocycles. The first-order valence-corrected chi connectivity index (χ1v) is 6.66. The molecule has 0 spiro atoms. The van der Waals surface area contributed by atoms with E-state index in [1.807, 2.05) is 6.92 Å². The smallest absolute Gasteiger partial charge is 0.330 e. The van der Waals surface area contributed by atoms with Crippen LogP contribution in [0.1, 0.15) is 45.4 Å². The first-order chi connectivity index (χ1) is 7.72. The molecule has 0 unspecified atom stereocenters. The van der Waals surface area contributed by atoms with Crippen molar-refractivity contribution >= 4 is 5.97 Å². The topological polar surface area (TPSA) is 38.3 Å². The predicted octanol–water partition coefficient (Wildman–Crippen LogP) is 2.27. The molecule has 3 nitrogen and oxygen atoms in total. The Balaban J connectivity index is 1.75. The largest absolute Gasteiger partial charge is 0.370 e. The van der Waals surface area contributed by atoms with Crippen LogP contribution in [0.4, 0.5) is 0 Å². The molecule has 4 rings (SSSR count). The van der Waals surface area contributed by atoms with Crippen LogP contribution in [0.3, 0.4) is 0 Å². The number of carbonyl (C=O) groups is 1. The van der Waals surface area contributed by atoms with Crippen LogP contribution >= 0.6 is 0 Å². The van der Waals surface area contributed by atoms with E-state index in [0.29, 0.717) is 6.54 Å². The summed E-state index contributed by atoms with van der Waals surface area (Å²) >= 11 is 0. The molecule has 3 heteroatoms. The SMILES string of the molecule is CCNOC(=O)C12CC3CC(CC(C3)C1)C2. The minimum Gasteiger partial charge on any atom is -0.370 e. The van der Waals surface area contributed by atoms with Crippen LogP contribution in [0.2, 0.25) is 0 Å². The first-order valence-electron chi connectivity index (χ1n) is 6.66. The Morgan fingerprint density at radius 1 is 1.19 bits per heavy atom. The van der Waals surface area contributed by atoms with Gasteiger partial charge in [-0.3, -0.25) is 0 Å². The van der Waals surface area contributed by atoms with E-state index in [4.69, 9.17) is 4.84 Å². The summed E-state index contributed by atoms with van der Waals surface area (Å²) in [6.45, 7) is 2.64. The maximum atomic E-state index is 12.2. The second kappa shape index (κ2) is 3.73. The van der Waals surface area contributed by atoms with Crippen LogP contribution in [-0.2, 0) is 9.63 Å². The van der Waals surface area contributed by atoms with Crippen LogP contribution in [-0.4, -0.2) is 12.5 Å². The van der Waals surface area contributed by atoms with Gasteiger partial charge in [0.1, 0.15) is 0 Å². The van der Waals surface area contributed by atoms with Crippen LogP contribution < -0.4 is 5.48 Å². The number of rotatable bonds is 3. The lowest BCUT2D eigenvalue weighted by Crippen LogP contribution is -2.51. The lowest BCUT2D eigenvalue weighted by molar-refractivity contribution is -0.179. The molecule has 0 amide bonds. The van der Waals surface area contributed by atoms with E-state index in [2.05, 4.69) is 5.48 Å². The molecule has 4 saturated carbocycles. The van der Waals surface area contributed by atoms with Crippen molar-refractivity contribution in [2.75, 3.05) is 6.54 Å². The average molecular weight is 223 g/mol. The van der Waals surface area contributed by atoms with Crippen molar-refractivity contribution in [2.45, 2.75) is 45.4 Å². The molecule has 0 aromatic rings. The van der Waals surface area contributed by atoms with Gasteiger partial charge in [0.05, 0.1) is 5.41 Å². The van der Waals surface area contributed by atoms with Gasteiger partial charge in [-0.1, -0.05) is 0 Å². The van der Waals surface area contributed by atoms with Crippen LogP contribution in [0.25, 0.3) is 0 Å². The second-order valence-corrected chi connectivity index (χ2v) is 6.09. The summed E-state index contributed by atoms with van der Waals surface area (Å²) in [7, 11) is 0. The molecule has 0 aromatic carbocycles. The molecule has 1 N–H and O–H groups in total. The Bertz CT molecular complexity index is 265. The highest BCUT2D eigenvalue weighted by molar-refractivity contribution is 5.77. The number of carbonyl (C=O) groups excluding carboxylic acids is 1. The molecule has 4 aliphatic carbocycles. The fourth-order valence-electron chi connectivity index (χ4n) is 4.61. The van der Waals surface area contributed by atoms with Crippen molar-refractivity contribution in [3.05, 3.63) is 0 Å². The van der Waals surface area contributed by atoms with Gasteiger partial charge in [-0.25, -0.2) is 4.79 Å². The van der Waals surface area contributed by atoms with Gasteiger partial charge in [-0.05, 0) is 63.2 Å². The second-order valence-electron chi connectivity index (χ2n) is 6.09. The molecule has 4 fully saturated rings. The molecule has 0 radical (unpaired) electrons. The summed E-state index contributed by atoms with van der Waals surface area (Å²) in [5, 5.41) is 0. The van der Waals surface area contributed by atoms with E-state index in [-0.39, 0.29) is 11.4 Å². The predicted molar refractivity (Wildman–Crippen MR) is 60.4 cm³/mol. The quantitative estimate of drug-likeness (QED) is 0.746. The summed E-state index contributed by atoms with van der Waals surface area (Å²) in [4.78, 5) is 17.4. The lowest BCUT2D eigenvalue weighted by atomic mass is 9.49. The first kappa shape index (κ1) is 10.6. The summed E-state index contributed by atoms with van der Waals surface area (Å²) in [5.74, 6) is 2.44. The minimum atomic E-state index is -0.114. The van der Waals surface area contributed by atoms with Crippen molar-refractivity contribution in [2.24, 2.45) is 23.2 Å². The normalized spacial score (nSPS) is 44.7. The third-order valence-corrected chi connectivity index (χ3v) is 4.78. The molecule has 4 bridgehead atoms. The van der Waals surface area contributed by atoms with Gasteiger partial charge in [0.2, 0.25) is 0 Å². The van der Waals surface area contributed by atoms with Crippen molar-refractivity contribution in [3.8, 4) is 0 Å². The van der Waals surface area contributed by atoms with Gasteiger partial charge in [0.15, 0.2) is 0 Å². The number of hydroxylamine groups is 1. The van der Waals surface area contributed by atoms with Gasteiger partial charge < -0.3 is 4.84 Å². The zero-order chi connectivity index (χ0) is 11.2. The average Bonchev–Trinajstić information content (AvgIpc) is 2.24. The molecule has 0 heterocycles. The summed E-state index contributed by atoms with van der Waals surface area (Å²) in [6, 6.07) is 0. The Morgan fingerprint density at radius 2 is 1.69 bits per heavy atom. The van der Waals surface area contributed by atoms with Gasteiger partial charge in [0.25, 0.3) is 0 Å². The zero-order valence-electron chi connectivity index (χ0n) is 10.00. The van der Waals surface area contributed by atoms with Crippen molar-refractivity contribution < 1.29 is 9.63 Å². The molecular weight excluding hydrogens is 202 g/mol. The lowest BCUT2D eigenvalue weighted by Gasteiger charge is -2.54. The zero-order valence-corrected chi connectivity index (χ0v) is 10.00. The van der Waals surface area contributed by atoms with Gasteiger partial charge >= 0.3 is 5.97 Å². The summed E-state index contributed by atoms with van der Waals surface area (Å²) in [6.07, 6.45) is 7.37. The molecule has 16 heavy (non-hydrogen) atoms. The molecule has 90 valence electrons. The molecule has 4 aliphatic rings. The molecule has 0 aromatic heterocycles. The minimum absolute atomic E-state index is 0.0217. The molecular formula is C13H21NO2. The maximum absolute atomic E-state index is 12.2. The van der Waals surface area contributed by atoms with E-state index < -0.39 is 0 Å². The Labute approximate surface area is 96.9 Å². The van der Waals surface area contributed by atoms with Gasteiger partial charge in [-0.15, -0.1) is 0 Å². The van der Waals surface area contributed by atoms with Crippen molar-refractivity contribution in [3.63, 3.8) is 0 Å². The highest BCUT2D eigenvalue weighted by atomic mass is 16.7. The third kappa shape index (κ3) is 1.56. The molecule has 0 saturated heterocycles. The number of nitrogens with one attached hydrogen (secondary N) is 1. The highest BCUT2D eigenvalue weighted by Gasteiger charge is 2.55. The fourth-order valence-corrected chi connectivity index (χ4v) is 4.61. The number of hydrogen-bond acceptors (Lipinski definition) is 3. The van der Waals surface area contributed by atoms with E-state index >= 15 is 0 Å². The summed E-state index contributed by atoms with van der Waals surface area (Å²) < 4.78 is 0. The third-order valence-electron chi connectivity index (χ3n) is 4.78. The fraction of sp³-hybridized carbons (Fsp3) is 0.923. The summed E-state index contributed by atoms with van der Waals surface area (Å²) in [5.41, 5.74) is 2.61. The molecule has 0 atom stereocenters. The monoisotopic (exact) mass is 223 g/mol. The Kier molecular flexibility index (Phi) is 2.46. The Hall–Kier alpha value is -0.570. The van der Waals surface area contributed by atoms with E-state index in [1.54, 1.807) is 0 Å². The van der Waals surface area contributed by atoms with Crippen LogP contribution in [0.15, 0.2) is 0 Å². The van der Waals surface area contributed by atoms with Gasteiger partial charge in [-0.2, -0.15) is 5.48 Å². The van der Waals surface area contributed by atoms with E-state index in [9.17, 15) is 4.79 Å². The van der Waals surface area contributed by atoms with E-state index in [1.165, 1.54) is 19.3 Å². The number of hydrogen-bond donors (Lipinski definition) is 1. The van der Waals surface area contributed by atoms with Crippen molar-refractivity contribution in [1.82, 2.24) is 5.48 Å². The van der Waals surface area contributed by atoms with Crippen LogP contribution in [0, 0.1) is 23.2 Å².